The molecule has 4 heteroatoms. The van der Waals surface area contributed by atoms with E-state index in [1.165, 1.54) is 15.9 Å². The van der Waals surface area contributed by atoms with Gasteiger partial charge in [0.15, 0.2) is 3.79 Å². The number of hydrogen-bond donors (Lipinski definition) is 0. The molecule has 0 spiro atoms. The van der Waals surface area contributed by atoms with E-state index in [9.17, 15) is 0 Å². The van der Waals surface area contributed by atoms with Crippen LogP contribution in [-0.4, -0.2) is 9.95 Å². The molecule has 0 amide bonds. The molecule has 0 saturated carbocycles. The summed E-state index contributed by atoms with van der Waals surface area (Å²) >= 11 is 18.5. The third-order valence-corrected chi connectivity index (χ3v) is 9.32. The second kappa shape index (κ2) is 8.11. The number of alkyl halides is 3. The molecule has 0 heterocycles. The smallest absolute Gasteiger partial charge is 0.0835 e. The zero-order chi connectivity index (χ0) is 17.8. The Morgan fingerprint density at radius 2 is 0.880 bits per heavy atom. The maximum atomic E-state index is 6.15. The predicted molar refractivity (Wildman–Crippen MR) is 115 cm³/mol. The average Bonchev–Trinajstić information content (AvgIpc) is 2.64. The van der Waals surface area contributed by atoms with Crippen molar-refractivity contribution in [2.75, 3.05) is 6.16 Å². The zero-order valence-corrected chi connectivity index (χ0v) is 16.8. The fourth-order valence-corrected chi connectivity index (χ4v) is 8.24. The quantitative estimate of drug-likeness (QED) is 0.373. The van der Waals surface area contributed by atoms with Gasteiger partial charge in [-0.2, -0.15) is 0 Å². The molecule has 128 valence electrons. The molecule has 3 aromatic carbocycles. The first-order chi connectivity index (χ1) is 12.0. The molecule has 0 aliphatic heterocycles. The van der Waals surface area contributed by atoms with Crippen molar-refractivity contribution in [2.24, 2.45) is 0 Å². The van der Waals surface area contributed by atoms with E-state index in [1.807, 2.05) is 18.2 Å². The van der Waals surface area contributed by atoms with Gasteiger partial charge in [-0.15, -0.1) is 0 Å². The Hall–Kier alpha value is -1.04. The van der Waals surface area contributed by atoms with Gasteiger partial charge >= 0.3 is 0 Å². The second-order valence-electron chi connectivity index (χ2n) is 5.91. The van der Waals surface area contributed by atoms with Crippen molar-refractivity contribution in [3.63, 3.8) is 0 Å². The first-order valence-corrected chi connectivity index (χ1v) is 11.2. The van der Waals surface area contributed by atoms with Crippen LogP contribution in [0.5, 0.6) is 0 Å². The zero-order valence-electron chi connectivity index (χ0n) is 13.7. The molecule has 0 aliphatic carbocycles. The van der Waals surface area contributed by atoms with Gasteiger partial charge in [0.05, 0.1) is 6.16 Å². The summed E-state index contributed by atoms with van der Waals surface area (Å²) < 4.78 is -1.26. The Morgan fingerprint density at radius 1 is 0.560 bits per heavy atom. The molecule has 0 atom stereocenters. The highest BCUT2D eigenvalue weighted by atomic mass is 35.6. The van der Waals surface area contributed by atoms with Crippen LogP contribution in [0.2, 0.25) is 0 Å². The van der Waals surface area contributed by atoms with Crippen LogP contribution in [0.25, 0.3) is 0 Å². The molecule has 0 N–H and O–H groups in total. The predicted octanol–water partition coefficient (Wildman–Crippen LogP) is 5.74. The highest BCUT2D eigenvalue weighted by molar-refractivity contribution is 7.95. The standard InChI is InChI=1S/C21H19Cl3P/c22-21(23,24)16-17-25(18-10-4-1-5-11-18,19-12-6-2-7-13-19)20-14-8-3-9-15-20/h1-15H,16-17H2/q+1. The summed E-state index contributed by atoms with van der Waals surface area (Å²) in [7, 11) is -1.90. The summed E-state index contributed by atoms with van der Waals surface area (Å²) in [6, 6.07) is 31.9. The van der Waals surface area contributed by atoms with Crippen LogP contribution in [0, 0.1) is 0 Å². The maximum Gasteiger partial charge on any atom is 0.194 e. The van der Waals surface area contributed by atoms with Gasteiger partial charge in [-0.25, -0.2) is 0 Å². The largest absolute Gasteiger partial charge is 0.194 e. The van der Waals surface area contributed by atoms with Gasteiger partial charge < -0.3 is 0 Å². The summed E-state index contributed by atoms with van der Waals surface area (Å²) in [6.45, 7) is 0. The SMILES string of the molecule is ClC(Cl)(Cl)CC[P+](c1ccccc1)(c1ccccc1)c1ccccc1. The van der Waals surface area contributed by atoms with E-state index in [0.717, 1.165) is 6.16 Å². The van der Waals surface area contributed by atoms with Crippen LogP contribution in [0.4, 0.5) is 0 Å². The van der Waals surface area contributed by atoms with Gasteiger partial charge in [-0.1, -0.05) is 89.4 Å². The Balaban J connectivity index is 2.24. The van der Waals surface area contributed by atoms with E-state index in [-0.39, 0.29) is 0 Å². The van der Waals surface area contributed by atoms with E-state index in [2.05, 4.69) is 72.8 Å². The molecule has 0 nitrogen and oxygen atoms in total. The van der Waals surface area contributed by atoms with Crippen molar-refractivity contribution >= 4 is 58.0 Å². The molecular weight excluding hydrogens is 390 g/mol. The Kier molecular flexibility index (Phi) is 6.08. The van der Waals surface area contributed by atoms with Crippen LogP contribution in [-0.2, 0) is 0 Å². The molecule has 3 aromatic rings. The lowest BCUT2D eigenvalue weighted by atomic mass is 10.4. The number of rotatable bonds is 5. The maximum absolute atomic E-state index is 6.15. The summed E-state index contributed by atoms with van der Waals surface area (Å²) in [6.07, 6.45) is 1.31. The van der Waals surface area contributed by atoms with E-state index in [0.29, 0.717) is 6.42 Å². The van der Waals surface area contributed by atoms with E-state index >= 15 is 0 Å². The molecule has 0 bridgehead atoms. The van der Waals surface area contributed by atoms with Crippen molar-refractivity contribution in [1.82, 2.24) is 0 Å². The molecule has 0 saturated heterocycles. The number of benzene rings is 3. The van der Waals surface area contributed by atoms with E-state index in [4.69, 9.17) is 34.8 Å². The summed E-state index contributed by atoms with van der Waals surface area (Å²) in [5.41, 5.74) is 0. The van der Waals surface area contributed by atoms with Crippen molar-refractivity contribution in [2.45, 2.75) is 10.2 Å². The third kappa shape index (κ3) is 4.39. The second-order valence-corrected chi connectivity index (χ2v) is 12.0. The summed E-state index contributed by atoms with van der Waals surface area (Å²) in [5.74, 6) is 0. The van der Waals surface area contributed by atoms with Crippen molar-refractivity contribution in [3.8, 4) is 0 Å². The highest BCUT2D eigenvalue weighted by Crippen LogP contribution is 2.57. The topological polar surface area (TPSA) is 0 Å². The van der Waals surface area contributed by atoms with Crippen LogP contribution in [0.15, 0.2) is 91.0 Å². The minimum atomic E-state index is -1.90. The fraction of sp³-hybridized carbons (Fsp3) is 0.143. The molecule has 0 aliphatic rings. The first kappa shape index (κ1) is 18.7. The van der Waals surface area contributed by atoms with Gasteiger partial charge in [0.1, 0.15) is 23.2 Å². The van der Waals surface area contributed by atoms with Crippen LogP contribution in [0.3, 0.4) is 0 Å². The minimum absolute atomic E-state index is 0.504. The molecular formula is C21H19Cl3P+. The van der Waals surface area contributed by atoms with Crippen molar-refractivity contribution in [1.29, 1.82) is 0 Å². The van der Waals surface area contributed by atoms with E-state index < -0.39 is 11.1 Å². The molecule has 0 fully saturated rings. The first-order valence-electron chi connectivity index (χ1n) is 8.14. The number of halogens is 3. The lowest BCUT2D eigenvalue weighted by molar-refractivity contribution is 0.981. The Morgan fingerprint density at radius 3 is 1.16 bits per heavy atom. The fourth-order valence-electron chi connectivity index (χ4n) is 3.18. The molecule has 0 unspecified atom stereocenters. The Labute approximate surface area is 165 Å². The normalized spacial score (nSPS) is 12.1. The van der Waals surface area contributed by atoms with E-state index in [1.54, 1.807) is 0 Å². The van der Waals surface area contributed by atoms with Gasteiger partial charge in [-0.05, 0) is 36.4 Å². The number of hydrogen-bond acceptors (Lipinski definition) is 0. The molecule has 0 radical (unpaired) electrons. The van der Waals surface area contributed by atoms with Crippen molar-refractivity contribution < 1.29 is 0 Å². The minimum Gasteiger partial charge on any atom is -0.0835 e. The van der Waals surface area contributed by atoms with Gasteiger partial charge in [-0.3, -0.25) is 0 Å². The molecule has 0 aromatic heterocycles. The van der Waals surface area contributed by atoms with Crippen LogP contribution >= 0.6 is 42.1 Å². The monoisotopic (exact) mass is 407 g/mol. The average molecular weight is 409 g/mol. The van der Waals surface area contributed by atoms with Gasteiger partial charge in [0.25, 0.3) is 0 Å². The van der Waals surface area contributed by atoms with Crippen molar-refractivity contribution in [3.05, 3.63) is 91.0 Å². The van der Waals surface area contributed by atoms with Crippen LogP contribution in [0.1, 0.15) is 6.42 Å². The Bertz CT molecular complexity index is 687. The highest BCUT2D eigenvalue weighted by Gasteiger charge is 2.46. The third-order valence-electron chi connectivity index (χ3n) is 4.32. The molecule has 3 rings (SSSR count). The molecule has 25 heavy (non-hydrogen) atoms. The lowest BCUT2D eigenvalue weighted by Gasteiger charge is -2.28. The van der Waals surface area contributed by atoms with Gasteiger partial charge in [0.2, 0.25) is 0 Å². The summed E-state index contributed by atoms with van der Waals surface area (Å²) in [4.78, 5) is 0. The summed E-state index contributed by atoms with van der Waals surface area (Å²) in [5, 5.41) is 3.92. The van der Waals surface area contributed by atoms with Gasteiger partial charge in [0, 0.05) is 6.42 Å². The lowest BCUT2D eigenvalue weighted by Crippen LogP contribution is -2.34. The van der Waals surface area contributed by atoms with Crippen LogP contribution < -0.4 is 15.9 Å².